The van der Waals surface area contributed by atoms with Crippen LogP contribution in [0.25, 0.3) is 22.4 Å². The van der Waals surface area contributed by atoms with Gasteiger partial charge < -0.3 is 14.4 Å². The van der Waals surface area contributed by atoms with Crippen molar-refractivity contribution < 1.29 is 14.6 Å². The molecule has 1 aromatic heterocycles. The van der Waals surface area contributed by atoms with Gasteiger partial charge in [-0.05, 0) is 48.9 Å². The molecule has 0 saturated heterocycles. The number of methoxy groups -OCH3 is 1. The van der Waals surface area contributed by atoms with Crippen LogP contribution in [0, 0.1) is 0 Å². The zero-order valence-electron chi connectivity index (χ0n) is 13.8. The van der Waals surface area contributed by atoms with Crippen LogP contribution in [0.1, 0.15) is 30.1 Å². The summed E-state index contributed by atoms with van der Waals surface area (Å²) in [5.41, 5.74) is 2.90. The Morgan fingerprint density at radius 1 is 1.21 bits per heavy atom. The first-order valence-electron chi connectivity index (χ1n) is 8.02. The minimum Gasteiger partial charge on any atom is -0.497 e. The third kappa shape index (κ3) is 2.97. The average molecular weight is 324 g/mol. The van der Waals surface area contributed by atoms with Crippen LogP contribution in [0.2, 0.25) is 0 Å². The number of carbonyl (C=O) groups is 1. The Hall–Kier alpha value is -2.82. The van der Waals surface area contributed by atoms with E-state index in [2.05, 4.69) is 11.5 Å². The molecule has 1 heterocycles. The molecule has 0 unspecified atom stereocenters. The largest absolute Gasteiger partial charge is 0.497 e. The molecule has 3 rings (SSSR count). The number of carboxylic acids is 1. The van der Waals surface area contributed by atoms with E-state index < -0.39 is 5.97 Å². The monoisotopic (exact) mass is 324 g/mol. The normalized spacial score (nSPS) is 10.9. The van der Waals surface area contributed by atoms with Crippen LogP contribution >= 0.6 is 0 Å². The van der Waals surface area contributed by atoms with Crippen LogP contribution in [0.15, 0.2) is 42.5 Å². The molecule has 5 heteroatoms. The maximum absolute atomic E-state index is 11.2. The van der Waals surface area contributed by atoms with Gasteiger partial charge in [-0.25, -0.2) is 9.78 Å². The van der Waals surface area contributed by atoms with E-state index >= 15 is 0 Å². The van der Waals surface area contributed by atoms with E-state index in [1.165, 1.54) is 0 Å². The van der Waals surface area contributed by atoms with Gasteiger partial charge in [-0.15, -0.1) is 0 Å². The zero-order chi connectivity index (χ0) is 17.1. The van der Waals surface area contributed by atoms with Crippen LogP contribution < -0.4 is 4.74 Å². The number of unbranched alkanes of at least 4 members (excludes halogenated alkanes) is 1. The molecule has 24 heavy (non-hydrogen) atoms. The van der Waals surface area contributed by atoms with E-state index in [-0.39, 0.29) is 5.56 Å². The van der Waals surface area contributed by atoms with Crippen molar-refractivity contribution >= 4 is 17.0 Å². The molecule has 3 aromatic rings. The molecule has 0 saturated carbocycles. The van der Waals surface area contributed by atoms with Crippen LogP contribution in [0.5, 0.6) is 5.75 Å². The van der Waals surface area contributed by atoms with Crippen molar-refractivity contribution in [3.8, 4) is 17.1 Å². The second-order valence-corrected chi connectivity index (χ2v) is 5.68. The molecule has 0 amide bonds. The van der Waals surface area contributed by atoms with Gasteiger partial charge in [0.25, 0.3) is 0 Å². The molecule has 0 radical (unpaired) electrons. The highest BCUT2D eigenvalue weighted by atomic mass is 16.5. The topological polar surface area (TPSA) is 64.4 Å². The summed E-state index contributed by atoms with van der Waals surface area (Å²) in [5, 5.41) is 9.19. The Morgan fingerprint density at radius 2 is 1.96 bits per heavy atom. The molecule has 124 valence electrons. The van der Waals surface area contributed by atoms with Crippen molar-refractivity contribution in [3.05, 3.63) is 48.0 Å². The van der Waals surface area contributed by atoms with Crippen molar-refractivity contribution in [1.29, 1.82) is 0 Å². The number of aromatic nitrogens is 2. The lowest BCUT2D eigenvalue weighted by molar-refractivity contribution is 0.0697. The van der Waals surface area contributed by atoms with E-state index in [0.717, 1.165) is 42.0 Å². The van der Waals surface area contributed by atoms with Crippen molar-refractivity contribution in [2.45, 2.75) is 26.3 Å². The first kappa shape index (κ1) is 16.1. The highest BCUT2D eigenvalue weighted by molar-refractivity contribution is 5.93. The number of rotatable bonds is 6. The molecule has 0 fully saturated rings. The van der Waals surface area contributed by atoms with E-state index in [1.807, 2.05) is 30.3 Å². The van der Waals surface area contributed by atoms with E-state index in [0.29, 0.717) is 5.52 Å². The number of fused-ring (bicyclic) bond motifs is 1. The van der Waals surface area contributed by atoms with Crippen LogP contribution in [0.4, 0.5) is 0 Å². The summed E-state index contributed by atoms with van der Waals surface area (Å²) in [6, 6.07) is 12.9. The molecule has 0 bridgehead atoms. The highest BCUT2D eigenvalue weighted by Crippen LogP contribution is 2.27. The first-order valence-corrected chi connectivity index (χ1v) is 8.02. The molecule has 1 N–H and O–H groups in total. The summed E-state index contributed by atoms with van der Waals surface area (Å²) in [6.45, 7) is 3.00. The number of ether oxygens (including phenoxy) is 1. The van der Waals surface area contributed by atoms with Crippen molar-refractivity contribution in [3.63, 3.8) is 0 Å². The van der Waals surface area contributed by atoms with Gasteiger partial charge in [0.2, 0.25) is 0 Å². The second kappa shape index (κ2) is 6.74. The van der Waals surface area contributed by atoms with E-state index in [4.69, 9.17) is 9.72 Å². The van der Waals surface area contributed by atoms with Gasteiger partial charge in [0.15, 0.2) is 0 Å². The second-order valence-electron chi connectivity index (χ2n) is 5.68. The summed E-state index contributed by atoms with van der Waals surface area (Å²) < 4.78 is 7.37. The Labute approximate surface area is 140 Å². The summed E-state index contributed by atoms with van der Waals surface area (Å²) in [7, 11) is 1.64. The third-order valence-electron chi connectivity index (χ3n) is 4.08. The first-order chi connectivity index (χ1) is 11.6. The maximum Gasteiger partial charge on any atom is 0.335 e. The van der Waals surface area contributed by atoms with Gasteiger partial charge in [-0.3, -0.25) is 0 Å². The zero-order valence-corrected chi connectivity index (χ0v) is 13.8. The Morgan fingerprint density at radius 3 is 2.58 bits per heavy atom. The molecule has 0 aliphatic rings. The summed E-state index contributed by atoms with van der Waals surface area (Å²) in [4.78, 5) is 15.9. The van der Waals surface area contributed by atoms with E-state index in [9.17, 15) is 9.90 Å². The molecular weight excluding hydrogens is 304 g/mol. The molecule has 2 aromatic carbocycles. The maximum atomic E-state index is 11.2. The van der Waals surface area contributed by atoms with Crippen LogP contribution in [0.3, 0.4) is 0 Å². The predicted molar refractivity (Wildman–Crippen MR) is 93.6 cm³/mol. The lowest BCUT2D eigenvalue weighted by Gasteiger charge is -2.09. The van der Waals surface area contributed by atoms with Crippen molar-refractivity contribution in [1.82, 2.24) is 9.55 Å². The standard InChI is InChI=1S/C19H20N2O3/c1-3-4-11-21-17-10-7-14(19(22)23)12-16(17)20-18(21)13-5-8-15(24-2)9-6-13/h5-10,12H,3-4,11H2,1-2H3,(H,22,23). The Kier molecular flexibility index (Phi) is 4.51. The third-order valence-corrected chi connectivity index (χ3v) is 4.08. The quantitative estimate of drug-likeness (QED) is 0.737. The molecule has 0 aliphatic heterocycles. The summed E-state index contributed by atoms with van der Waals surface area (Å²) >= 11 is 0. The van der Waals surface area contributed by atoms with Gasteiger partial charge in [-0.1, -0.05) is 13.3 Å². The van der Waals surface area contributed by atoms with Crippen molar-refractivity contribution in [2.75, 3.05) is 7.11 Å². The van der Waals surface area contributed by atoms with Gasteiger partial charge in [0, 0.05) is 12.1 Å². The Bertz CT molecular complexity index is 866. The fourth-order valence-corrected chi connectivity index (χ4v) is 2.77. The number of benzene rings is 2. The summed E-state index contributed by atoms with van der Waals surface area (Å²) in [6.07, 6.45) is 2.12. The van der Waals surface area contributed by atoms with Crippen molar-refractivity contribution in [2.24, 2.45) is 0 Å². The van der Waals surface area contributed by atoms with Gasteiger partial charge >= 0.3 is 5.97 Å². The van der Waals surface area contributed by atoms with Gasteiger partial charge in [0.1, 0.15) is 11.6 Å². The lowest BCUT2D eigenvalue weighted by Crippen LogP contribution is -2.01. The summed E-state index contributed by atoms with van der Waals surface area (Å²) in [5.74, 6) is 0.706. The number of aromatic carboxylic acids is 1. The molecule has 0 spiro atoms. The van der Waals surface area contributed by atoms with Gasteiger partial charge in [-0.2, -0.15) is 0 Å². The molecule has 0 aliphatic carbocycles. The van der Waals surface area contributed by atoms with Gasteiger partial charge in [0.05, 0.1) is 23.7 Å². The molecule has 0 atom stereocenters. The number of imidazole rings is 1. The minimum absolute atomic E-state index is 0.254. The number of carboxylic acid groups (broad SMARTS) is 1. The SMILES string of the molecule is CCCCn1c(-c2ccc(OC)cc2)nc2cc(C(=O)O)ccc21. The average Bonchev–Trinajstić information content (AvgIpc) is 2.97. The predicted octanol–water partition coefficient (Wildman–Crippen LogP) is 4.21. The number of aryl methyl sites for hydroxylation is 1. The van der Waals surface area contributed by atoms with Crippen LogP contribution in [-0.2, 0) is 6.54 Å². The van der Waals surface area contributed by atoms with E-state index in [1.54, 1.807) is 19.2 Å². The highest BCUT2D eigenvalue weighted by Gasteiger charge is 2.14. The fraction of sp³-hybridized carbons (Fsp3) is 0.263. The smallest absolute Gasteiger partial charge is 0.335 e. The van der Waals surface area contributed by atoms with Crippen LogP contribution in [-0.4, -0.2) is 27.7 Å². The number of nitrogens with zero attached hydrogens (tertiary/aromatic N) is 2. The minimum atomic E-state index is -0.939. The Balaban J connectivity index is 2.14. The lowest BCUT2D eigenvalue weighted by atomic mass is 10.2. The number of hydrogen-bond donors (Lipinski definition) is 1. The number of hydrogen-bond acceptors (Lipinski definition) is 3. The fourth-order valence-electron chi connectivity index (χ4n) is 2.77. The molecule has 5 nitrogen and oxygen atoms in total. The molecular formula is C19H20N2O3.